The van der Waals surface area contributed by atoms with Crippen molar-refractivity contribution < 1.29 is 4.74 Å². The maximum absolute atomic E-state index is 5.24. The minimum atomic E-state index is 0.518. The van der Waals surface area contributed by atoms with E-state index in [1.165, 1.54) is 0 Å². The summed E-state index contributed by atoms with van der Waals surface area (Å²) in [4.78, 5) is 8.49. The molecule has 5 nitrogen and oxygen atoms in total. The van der Waals surface area contributed by atoms with Crippen molar-refractivity contribution in [1.29, 1.82) is 0 Å². The van der Waals surface area contributed by atoms with E-state index in [0.717, 1.165) is 22.5 Å². The Hall–Kier alpha value is -2.69. The van der Waals surface area contributed by atoms with Gasteiger partial charge in [0.1, 0.15) is 5.69 Å². The summed E-state index contributed by atoms with van der Waals surface area (Å²) in [5, 5.41) is 6.90. The summed E-state index contributed by atoms with van der Waals surface area (Å²) < 4.78 is 5.24. The SMILES string of the molecule is COc1nccnc1-c1cccc(-c2ccn[nH]2)c1. The highest BCUT2D eigenvalue weighted by Gasteiger charge is 2.09. The molecule has 0 amide bonds. The summed E-state index contributed by atoms with van der Waals surface area (Å²) in [6.45, 7) is 0. The molecule has 3 rings (SSSR count). The van der Waals surface area contributed by atoms with Crippen LogP contribution in [0.15, 0.2) is 48.9 Å². The van der Waals surface area contributed by atoms with Crippen LogP contribution in [0.3, 0.4) is 0 Å². The van der Waals surface area contributed by atoms with Gasteiger partial charge in [-0.15, -0.1) is 0 Å². The lowest BCUT2D eigenvalue weighted by molar-refractivity contribution is 0.398. The molecule has 19 heavy (non-hydrogen) atoms. The Labute approximate surface area is 110 Å². The monoisotopic (exact) mass is 252 g/mol. The highest BCUT2D eigenvalue weighted by atomic mass is 16.5. The van der Waals surface area contributed by atoms with Crippen molar-refractivity contribution in [3.63, 3.8) is 0 Å². The van der Waals surface area contributed by atoms with E-state index in [1.807, 2.05) is 30.3 Å². The number of ether oxygens (including phenoxy) is 1. The Bertz CT molecular complexity index is 679. The Morgan fingerprint density at radius 2 is 1.84 bits per heavy atom. The Balaban J connectivity index is 2.09. The summed E-state index contributed by atoms with van der Waals surface area (Å²) in [7, 11) is 1.59. The zero-order chi connectivity index (χ0) is 13.1. The molecule has 0 aliphatic carbocycles. The van der Waals surface area contributed by atoms with Crippen LogP contribution in [0.4, 0.5) is 0 Å². The molecule has 0 aliphatic rings. The second-order valence-corrected chi connectivity index (χ2v) is 3.97. The van der Waals surface area contributed by atoms with E-state index in [4.69, 9.17) is 4.74 Å². The molecule has 0 saturated carbocycles. The number of H-pyrrole nitrogens is 1. The molecule has 0 bridgehead atoms. The smallest absolute Gasteiger partial charge is 0.240 e. The number of benzene rings is 1. The van der Waals surface area contributed by atoms with Gasteiger partial charge < -0.3 is 4.74 Å². The van der Waals surface area contributed by atoms with Crippen LogP contribution in [0.25, 0.3) is 22.5 Å². The second kappa shape index (κ2) is 4.89. The van der Waals surface area contributed by atoms with Gasteiger partial charge in [-0.05, 0) is 12.1 Å². The number of hydrogen-bond donors (Lipinski definition) is 1. The highest BCUT2D eigenvalue weighted by molar-refractivity contribution is 5.71. The molecule has 3 aromatic rings. The molecule has 1 aromatic carbocycles. The van der Waals surface area contributed by atoms with E-state index >= 15 is 0 Å². The zero-order valence-corrected chi connectivity index (χ0v) is 10.4. The number of hydrogen-bond acceptors (Lipinski definition) is 4. The number of aromatic amines is 1. The van der Waals surface area contributed by atoms with Crippen LogP contribution in [0.2, 0.25) is 0 Å². The third-order valence-electron chi connectivity index (χ3n) is 2.81. The number of aromatic nitrogens is 4. The number of nitrogens with one attached hydrogen (secondary N) is 1. The molecule has 0 saturated heterocycles. The minimum absolute atomic E-state index is 0.518. The molecule has 0 aliphatic heterocycles. The average Bonchev–Trinajstić information content (AvgIpc) is 3.01. The molecule has 0 spiro atoms. The molecule has 0 atom stereocenters. The van der Waals surface area contributed by atoms with Crippen LogP contribution in [0.5, 0.6) is 5.88 Å². The normalized spacial score (nSPS) is 10.4. The van der Waals surface area contributed by atoms with Crippen molar-refractivity contribution in [1.82, 2.24) is 20.2 Å². The third kappa shape index (κ3) is 2.18. The van der Waals surface area contributed by atoms with Gasteiger partial charge in [0.2, 0.25) is 5.88 Å². The van der Waals surface area contributed by atoms with Crippen molar-refractivity contribution in [2.24, 2.45) is 0 Å². The average molecular weight is 252 g/mol. The first-order valence-electron chi connectivity index (χ1n) is 5.83. The van der Waals surface area contributed by atoms with Crippen molar-refractivity contribution in [2.75, 3.05) is 7.11 Å². The molecular weight excluding hydrogens is 240 g/mol. The first-order valence-corrected chi connectivity index (χ1v) is 5.83. The molecule has 5 heteroatoms. The summed E-state index contributed by atoms with van der Waals surface area (Å²) in [5.41, 5.74) is 3.69. The van der Waals surface area contributed by atoms with Crippen LogP contribution in [-0.4, -0.2) is 27.3 Å². The molecule has 1 N–H and O–H groups in total. The molecule has 0 unspecified atom stereocenters. The van der Waals surface area contributed by atoms with Gasteiger partial charge in [-0.2, -0.15) is 5.10 Å². The fourth-order valence-electron chi connectivity index (χ4n) is 1.92. The zero-order valence-electron chi connectivity index (χ0n) is 10.4. The fraction of sp³-hybridized carbons (Fsp3) is 0.0714. The van der Waals surface area contributed by atoms with Gasteiger partial charge in [-0.1, -0.05) is 18.2 Å². The summed E-state index contributed by atoms with van der Waals surface area (Å²) in [6.07, 6.45) is 4.99. The summed E-state index contributed by atoms with van der Waals surface area (Å²) in [6, 6.07) is 9.92. The molecule has 0 radical (unpaired) electrons. The summed E-state index contributed by atoms with van der Waals surface area (Å²) >= 11 is 0. The molecule has 2 aromatic heterocycles. The first kappa shape index (κ1) is 11.4. The van der Waals surface area contributed by atoms with E-state index in [2.05, 4.69) is 20.2 Å². The fourth-order valence-corrected chi connectivity index (χ4v) is 1.92. The van der Waals surface area contributed by atoms with E-state index in [9.17, 15) is 0 Å². The second-order valence-electron chi connectivity index (χ2n) is 3.97. The van der Waals surface area contributed by atoms with Gasteiger partial charge in [0.05, 0.1) is 12.8 Å². The van der Waals surface area contributed by atoms with Gasteiger partial charge >= 0.3 is 0 Å². The lowest BCUT2D eigenvalue weighted by Gasteiger charge is -2.07. The lowest BCUT2D eigenvalue weighted by atomic mass is 10.1. The van der Waals surface area contributed by atoms with Gasteiger partial charge in [0, 0.05) is 29.7 Å². The maximum atomic E-state index is 5.24. The van der Waals surface area contributed by atoms with Crippen LogP contribution >= 0.6 is 0 Å². The topological polar surface area (TPSA) is 63.7 Å². The Morgan fingerprint density at radius 1 is 1.00 bits per heavy atom. The summed E-state index contributed by atoms with van der Waals surface area (Å²) in [5.74, 6) is 0.518. The quantitative estimate of drug-likeness (QED) is 0.778. The molecular formula is C14H12N4O. The predicted octanol–water partition coefficient (Wildman–Crippen LogP) is 2.54. The maximum Gasteiger partial charge on any atom is 0.240 e. The van der Waals surface area contributed by atoms with Crippen LogP contribution in [-0.2, 0) is 0 Å². The molecule has 0 fully saturated rings. The largest absolute Gasteiger partial charge is 0.479 e. The van der Waals surface area contributed by atoms with E-state index in [1.54, 1.807) is 25.7 Å². The van der Waals surface area contributed by atoms with Crippen molar-refractivity contribution in [2.45, 2.75) is 0 Å². The van der Waals surface area contributed by atoms with E-state index in [-0.39, 0.29) is 0 Å². The lowest BCUT2D eigenvalue weighted by Crippen LogP contribution is -1.94. The molecule has 94 valence electrons. The van der Waals surface area contributed by atoms with Gasteiger partial charge in [0.15, 0.2) is 0 Å². The standard InChI is InChI=1S/C14H12N4O/c1-19-14-13(15-7-8-16-14)11-4-2-3-10(9-11)12-5-6-17-18-12/h2-9H,1H3,(H,17,18). The van der Waals surface area contributed by atoms with Crippen molar-refractivity contribution >= 4 is 0 Å². The third-order valence-corrected chi connectivity index (χ3v) is 2.81. The van der Waals surface area contributed by atoms with E-state index in [0.29, 0.717) is 5.88 Å². The number of rotatable bonds is 3. The van der Waals surface area contributed by atoms with Gasteiger partial charge in [0.25, 0.3) is 0 Å². The first-order chi connectivity index (χ1) is 9.38. The van der Waals surface area contributed by atoms with Crippen LogP contribution < -0.4 is 4.74 Å². The predicted molar refractivity (Wildman–Crippen MR) is 71.6 cm³/mol. The van der Waals surface area contributed by atoms with E-state index < -0.39 is 0 Å². The number of nitrogens with zero attached hydrogens (tertiary/aromatic N) is 3. The molecule has 2 heterocycles. The minimum Gasteiger partial charge on any atom is -0.479 e. The Morgan fingerprint density at radius 3 is 2.63 bits per heavy atom. The Kier molecular flexibility index (Phi) is 2.94. The van der Waals surface area contributed by atoms with Gasteiger partial charge in [-0.25, -0.2) is 9.97 Å². The highest BCUT2D eigenvalue weighted by Crippen LogP contribution is 2.28. The van der Waals surface area contributed by atoms with Gasteiger partial charge in [-0.3, -0.25) is 5.10 Å². The van der Waals surface area contributed by atoms with Crippen molar-refractivity contribution in [3.05, 3.63) is 48.9 Å². The number of methoxy groups -OCH3 is 1. The van der Waals surface area contributed by atoms with Crippen LogP contribution in [0, 0.1) is 0 Å². The van der Waals surface area contributed by atoms with Crippen LogP contribution in [0.1, 0.15) is 0 Å². The van der Waals surface area contributed by atoms with Crippen molar-refractivity contribution in [3.8, 4) is 28.4 Å².